The van der Waals surface area contributed by atoms with Crippen molar-refractivity contribution < 1.29 is 8.42 Å². The number of hydrogen-bond acceptors (Lipinski definition) is 2. The Bertz CT molecular complexity index is 553. The maximum atomic E-state index is 10.9. The third-order valence-corrected chi connectivity index (χ3v) is 3.16. The van der Waals surface area contributed by atoms with Crippen LogP contribution in [0.4, 0.5) is 0 Å². The van der Waals surface area contributed by atoms with Crippen LogP contribution >= 0.6 is 11.6 Å². The van der Waals surface area contributed by atoms with Gasteiger partial charge in [-0.1, -0.05) is 35.9 Å². The molecule has 0 fully saturated rings. The predicted molar refractivity (Wildman–Crippen MR) is 57.5 cm³/mol. The van der Waals surface area contributed by atoms with Gasteiger partial charge in [0.05, 0.1) is 4.90 Å². The molecule has 0 N–H and O–H groups in total. The Hall–Kier alpha value is -1.06. The molecule has 0 atom stereocenters. The predicted octanol–water partition coefficient (Wildman–Crippen LogP) is 2.46. The molecule has 2 aromatic carbocycles. The Morgan fingerprint density at radius 2 is 1.57 bits per heavy atom. The second kappa shape index (κ2) is 3.59. The summed E-state index contributed by atoms with van der Waals surface area (Å²) in [4.78, 5) is 0.319. The summed E-state index contributed by atoms with van der Waals surface area (Å²) in [7, 11) is -2.57. The quantitative estimate of drug-likeness (QED) is 0.758. The van der Waals surface area contributed by atoms with Gasteiger partial charge in [-0.2, -0.15) is 0 Å². The van der Waals surface area contributed by atoms with Crippen LogP contribution in [0.15, 0.2) is 41.3 Å². The monoisotopic (exact) mass is 226 g/mol. The highest BCUT2D eigenvalue weighted by Crippen LogP contribution is 2.26. The van der Waals surface area contributed by atoms with Crippen molar-refractivity contribution in [2.45, 2.75) is 4.90 Å². The molecule has 2 nitrogen and oxygen atoms in total. The van der Waals surface area contributed by atoms with Crippen LogP contribution in [0.3, 0.4) is 0 Å². The Morgan fingerprint density at radius 3 is 2.21 bits per heavy atom. The number of fused-ring (bicyclic) bond motifs is 1. The van der Waals surface area contributed by atoms with Gasteiger partial charge in [0.15, 0.2) is 10.7 Å². The average Bonchev–Trinajstić information content (AvgIpc) is 2.18. The van der Waals surface area contributed by atoms with Crippen LogP contribution in [0.25, 0.3) is 10.8 Å². The lowest BCUT2D eigenvalue weighted by Crippen LogP contribution is -1.83. The highest BCUT2D eigenvalue weighted by Gasteiger charge is 2.04. The van der Waals surface area contributed by atoms with Gasteiger partial charge in [-0.15, -0.1) is 0 Å². The van der Waals surface area contributed by atoms with E-state index in [-0.39, 0.29) is 0 Å². The standard InChI is InChI=1S/C10H7ClO2S/c11-9-5-6-10(14(12)13)8-4-2-1-3-7(8)9/h1-6,14H. The zero-order valence-electron chi connectivity index (χ0n) is 7.11. The highest BCUT2D eigenvalue weighted by molar-refractivity contribution is 7.72. The van der Waals surface area contributed by atoms with E-state index in [0.29, 0.717) is 15.3 Å². The topological polar surface area (TPSA) is 34.1 Å². The van der Waals surface area contributed by atoms with E-state index in [1.54, 1.807) is 24.3 Å². The zero-order valence-corrected chi connectivity index (χ0v) is 8.76. The first-order valence-corrected chi connectivity index (χ1v) is 5.57. The second-order valence-electron chi connectivity index (χ2n) is 2.87. The van der Waals surface area contributed by atoms with Crippen molar-refractivity contribution in [3.8, 4) is 0 Å². The smallest absolute Gasteiger partial charge is 0.168 e. The summed E-state index contributed by atoms with van der Waals surface area (Å²) >= 11 is 5.94. The minimum Gasteiger partial charge on any atom is -0.227 e. The minimum absolute atomic E-state index is 0.319. The van der Waals surface area contributed by atoms with Gasteiger partial charge in [0.1, 0.15) is 0 Å². The molecule has 0 amide bonds. The van der Waals surface area contributed by atoms with E-state index < -0.39 is 10.7 Å². The molecule has 72 valence electrons. The molecule has 2 rings (SSSR count). The number of thiol groups is 1. The fourth-order valence-electron chi connectivity index (χ4n) is 1.41. The molecule has 2 aromatic rings. The van der Waals surface area contributed by atoms with E-state index in [1.165, 1.54) is 6.07 Å². The first-order valence-electron chi connectivity index (χ1n) is 4.02. The maximum Gasteiger partial charge on any atom is 0.168 e. The molecule has 0 saturated heterocycles. The third kappa shape index (κ3) is 1.49. The summed E-state index contributed by atoms with van der Waals surface area (Å²) in [6.07, 6.45) is 0. The van der Waals surface area contributed by atoms with E-state index in [0.717, 1.165) is 5.39 Å². The number of hydrogen-bond donors (Lipinski definition) is 1. The van der Waals surface area contributed by atoms with Gasteiger partial charge in [-0.3, -0.25) is 0 Å². The van der Waals surface area contributed by atoms with Crippen LogP contribution in [0.5, 0.6) is 0 Å². The number of halogens is 1. The van der Waals surface area contributed by atoms with Crippen molar-refractivity contribution in [2.24, 2.45) is 0 Å². The molecule has 0 bridgehead atoms. The van der Waals surface area contributed by atoms with Gasteiger partial charge in [0, 0.05) is 15.8 Å². The largest absolute Gasteiger partial charge is 0.227 e. The molecular formula is C10H7ClO2S. The number of rotatable bonds is 1. The lowest BCUT2D eigenvalue weighted by molar-refractivity contribution is 0.615. The molecule has 0 aliphatic carbocycles. The third-order valence-electron chi connectivity index (χ3n) is 2.04. The summed E-state index contributed by atoms with van der Waals surface area (Å²) in [6, 6.07) is 10.3. The molecule has 14 heavy (non-hydrogen) atoms. The lowest BCUT2D eigenvalue weighted by atomic mass is 10.1. The first kappa shape index (κ1) is 9.49. The average molecular weight is 227 g/mol. The van der Waals surface area contributed by atoms with Crippen LogP contribution in [0.1, 0.15) is 0 Å². The normalized spacial score (nSPS) is 11.0. The van der Waals surface area contributed by atoms with Gasteiger partial charge < -0.3 is 0 Å². The van der Waals surface area contributed by atoms with Gasteiger partial charge >= 0.3 is 0 Å². The highest BCUT2D eigenvalue weighted by atomic mass is 35.5. The summed E-state index contributed by atoms with van der Waals surface area (Å²) < 4.78 is 21.8. The second-order valence-corrected chi connectivity index (χ2v) is 4.27. The lowest BCUT2D eigenvalue weighted by Gasteiger charge is -2.01. The molecule has 0 unspecified atom stereocenters. The molecular weight excluding hydrogens is 220 g/mol. The summed E-state index contributed by atoms with van der Waals surface area (Å²) in [6.45, 7) is 0. The van der Waals surface area contributed by atoms with Gasteiger partial charge in [0.2, 0.25) is 0 Å². The Kier molecular flexibility index (Phi) is 2.44. The Labute approximate surface area is 88.1 Å². The molecule has 0 aromatic heterocycles. The van der Waals surface area contributed by atoms with Crippen molar-refractivity contribution in [1.29, 1.82) is 0 Å². The van der Waals surface area contributed by atoms with E-state index in [1.807, 2.05) is 6.07 Å². The molecule has 0 saturated carbocycles. The van der Waals surface area contributed by atoms with Crippen LogP contribution in [-0.4, -0.2) is 8.42 Å². The summed E-state index contributed by atoms with van der Waals surface area (Å²) in [5.41, 5.74) is 0. The van der Waals surface area contributed by atoms with E-state index >= 15 is 0 Å². The van der Waals surface area contributed by atoms with Gasteiger partial charge in [-0.05, 0) is 12.1 Å². The van der Waals surface area contributed by atoms with Gasteiger partial charge in [-0.25, -0.2) is 8.42 Å². The van der Waals surface area contributed by atoms with Crippen molar-refractivity contribution >= 4 is 33.1 Å². The molecule has 0 heterocycles. The van der Waals surface area contributed by atoms with Crippen molar-refractivity contribution in [3.05, 3.63) is 41.4 Å². The summed E-state index contributed by atoms with van der Waals surface area (Å²) in [5, 5.41) is 2.02. The van der Waals surface area contributed by atoms with Gasteiger partial charge in [0.25, 0.3) is 0 Å². The number of benzene rings is 2. The van der Waals surface area contributed by atoms with Crippen LogP contribution in [0.2, 0.25) is 5.02 Å². The summed E-state index contributed by atoms with van der Waals surface area (Å²) in [5.74, 6) is 0. The fraction of sp³-hybridized carbons (Fsp3) is 0. The molecule has 0 aliphatic heterocycles. The van der Waals surface area contributed by atoms with E-state index in [2.05, 4.69) is 0 Å². The van der Waals surface area contributed by atoms with E-state index in [9.17, 15) is 8.42 Å². The van der Waals surface area contributed by atoms with E-state index in [4.69, 9.17) is 11.6 Å². The maximum absolute atomic E-state index is 10.9. The van der Waals surface area contributed by atoms with Crippen molar-refractivity contribution in [2.75, 3.05) is 0 Å². The SMILES string of the molecule is O=[SH](=O)c1ccc(Cl)c2ccccc12. The Balaban J connectivity index is 2.95. The van der Waals surface area contributed by atoms with Crippen molar-refractivity contribution in [1.82, 2.24) is 0 Å². The van der Waals surface area contributed by atoms with Crippen LogP contribution in [-0.2, 0) is 10.7 Å². The fourth-order valence-corrected chi connectivity index (χ4v) is 2.22. The first-order chi connectivity index (χ1) is 6.70. The zero-order chi connectivity index (χ0) is 10.1. The molecule has 0 spiro atoms. The Morgan fingerprint density at radius 1 is 0.929 bits per heavy atom. The molecule has 4 heteroatoms. The molecule has 0 aliphatic rings. The van der Waals surface area contributed by atoms with Crippen LogP contribution in [0, 0.1) is 0 Å². The van der Waals surface area contributed by atoms with Crippen molar-refractivity contribution in [3.63, 3.8) is 0 Å². The minimum atomic E-state index is -2.57. The molecule has 0 radical (unpaired) electrons. The van der Waals surface area contributed by atoms with Crippen LogP contribution < -0.4 is 0 Å².